The van der Waals surface area contributed by atoms with Gasteiger partial charge in [0.1, 0.15) is 5.02 Å². The number of hydrogen-bond donors (Lipinski definition) is 0. The predicted molar refractivity (Wildman–Crippen MR) is 99.0 cm³/mol. The Morgan fingerprint density at radius 2 is 1.96 bits per heavy atom. The molecule has 0 aliphatic carbocycles. The third-order valence-corrected chi connectivity index (χ3v) is 4.80. The van der Waals surface area contributed by atoms with Crippen LogP contribution in [0.3, 0.4) is 0 Å². The van der Waals surface area contributed by atoms with Crippen LogP contribution in [0, 0.1) is 10.1 Å². The smallest absolute Gasteiger partial charge is 0.363 e. The van der Waals surface area contributed by atoms with E-state index >= 15 is 0 Å². The molecule has 0 atom stereocenters. The van der Waals surface area contributed by atoms with Gasteiger partial charge in [-0.05, 0) is 35.9 Å². The number of nitro groups is 1. The Labute approximate surface area is 165 Å². The lowest BCUT2D eigenvalue weighted by Gasteiger charge is -2.02. The molecule has 0 fully saturated rings. The minimum Gasteiger partial charge on any atom is -0.454 e. The van der Waals surface area contributed by atoms with Gasteiger partial charge in [0, 0.05) is 16.1 Å². The summed E-state index contributed by atoms with van der Waals surface area (Å²) in [6.07, 6.45) is 1.52. The molecule has 0 radical (unpaired) electrons. The zero-order valence-electron chi connectivity index (χ0n) is 13.3. The highest BCUT2D eigenvalue weighted by Crippen LogP contribution is 2.38. The molecule has 0 N–H and O–H groups in total. The Hall–Kier alpha value is -2.91. The molecule has 2 aliphatic rings. The Bertz CT molecular complexity index is 1070. The summed E-state index contributed by atoms with van der Waals surface area (Å²) < 4.78 is 16.4. The molecule has 0 unspecified atom stereocenters. The topological polar surface area (TPSA) is 100 Å². The number of aliphatic imine (C=N–C) groups is 1. The van der Waals surface area contributed by atoms with Crippen LogP contribution in [0.5, 0.6) is 11.5 Å². The fourth-order valence-electron chi connectivity index (χ4n) is 2.51. The molecule has 0 saturated heterocycles. The van der Waals surface area contributed by atoms with E-state index in [-0.39, 0.29) is 34.7 Å². The second-order valence-corrected chi connectivity index (χ2v) is 6.75. The molecule has 0 bridgehead atoms. The van der Waals surface area contributed by atoms with Gasteiger partial charge in [-0.3, -0.25) is 10.1 Å². The van der Waals surface area contributed by atoms with Crippen LogP contribution in [0.1, 0.15) is 11.1 Å². The van der Waals surface area contributed by atoms with Crippen LogP contribution in [0.4, 0.5) is 5.69 Å². The van der Waals surface area contributed by atoms with Crippen LogP contribution in [0.15, 0.2) is 45.5 Å². The first-order chi connectivity index (χ1) is 12.9. The summed E-state index contributed by atoms with van der Waals surface area (Å²) >= 11 is 9.20. The van der Waals surface area contributed by atoms with Crippen LogP contribution in [0.2, 0.25) is 5.02 Å². The number of rotatable bonds is 3. The first kappa shape index (κ1) is 17.5. The van der Waals surface area contributed by atoms with E-state index in [1.807, 2.05) is 0 Å². The van der Waals surface area contributed by atoms with E-state index in [2.05, 4.69) is 20.9 Å². The van der Waals surface area contributed by atoms with Crippen molar-refractivity contribution in [1.82, 2.24) is 0 Å². The normalized spacial score (nSPS) is 16.4. The van der Waals surface area contributed by atoms with E-state index in [1.54, 1.807) is 12.1 Å². The minimum atomic E-state index is -0.674. The molecule has 0 aromatic heterocycles. The first-order valence-electron chi connectivity index (χ1n) is 7.48. The predicted octanol–water partition coefficient (Wildman–Crippen LogP) is 4.08. The van der Waals surface area contributed by atoms with Crippen molar-refractivity contribution < 1.29 is 23.9 Å². The number of carbonyl (C=O) groups excluding carboxylic acids is 1. The molecule has 10 heteroatoms. The van der Waals surface area contributed by atoms with Crippen molar-refractivity contribution in [2.24, 2.45) is 4.99 Å². The van der Waals surface area contributed by atoms with Gasteiger partial charge in [0.25, 0.3) is 5.69 Å². The SMILES string of the molecule is O=C1OC(c2ccc(Cl)c([N+](=O)[O-])c2)=NC1=Cc1cc2c(cc1Br)OCO2. The van der Waals surface area contributed by atoms with Gasteiger partial charge in [-0.1, -0.05) is 27.5 Å². The first-order valence-corrected chi connectivity index (χ1v) is 8.65. The number of halogens is 2. The Morgan fingerprint density at radius 3 is 2.70 bits per heavy atom. The molecule has 8 nitrogen and oxygen atoms in total. The molecule has 2 heterocycles. The Kier molecular flexibility index (Phi) is 4.33. The molecular weight excluding hydrogens is 444 g/mol. The number of ether oxygens (including phenoxy) is 3. The third-order valence-electron chi connectivity index (χ3n) is 3.79. The molecule has 136 valence electrons. The van der Waals surface area contributed by atoms with Crippen molar-refractivity contribution in [3.63, 3.8) is 0 Å². The number of benzene rings is 2. The molecule has 0 saturated carbocycles. The zero-order chi connectivity index (χ0) is 19.1. The van der Waals surface area contributed by atoms with Crippen LogP contribution in [0.25, 0.3) is 6.08 Å². The highest BCUT2D eigenvalue weighted by Gasteiger charge is 2.27. The van der Waals surface area contributed by atoms with Gasteiger partial charge >= 0.3 is 5.97 Å². The maximum Gasteiger partial charge on any atom is 0.363 e. The van der Waals surface area contributed by atoms with Crippen LogP contribution in [-0.4, -0.2) is 23.6 Å². The van der Waals surface area contributed by atoms with Crippen molar-refractivity contribution >= 4 is 51.2 Å². The molecule has 0 spiro atoms. The third kappa shape index (κ3) is 3.26. The molecule has 0 amide bonds. The summed E-state index contributed by atoms with van der Waals surface area (Å²) in [6.45, 7) is 0.126. The van der Waals surface area contributed by atoms with E-state index in [0.29, 0.717) is 21.5 Å². The molecule has 2 aliphatic heterocycles. The Balaban J connectivity index is 1.71. The summed E-state index contributed by atoms with van der Waals surface area (Å²) in [6, 6.07) is 7.46. The lowest BCUT2D eigenvalue weighted by molar-refractivity contribution is -0.384. The number of esters is 1. The van der Waals surface area contributed by atoms with Gasteiger partial charge in [0.2, 0.25) is 12.7 Å². The standard InChI is InChI=1S/C17H8BrClN2O6/c18-10-6-15-14(25-7-26-15)5-9(10)3-12-17(22)27-16(20-12)8-1-2-11(19)13(4-8)21(23)24/h1-6H,7H2. The van der Waals surface area contributed by atoms with Gasteiger partial charge in [0.05, 0.1) is 4.92 Å². The second-order valence-electron chi connectivity index (χ2n) is 5.49. The summed E-state index contributed by atoms with van der Waals surface area (Å²) in [5, 5.41) is 11.0. The number of hydrogen-bond acceptors (Lipinski definition) is 7. The van der Waals surface area contributed by atoms with Crippen molar-refractivity contribution in [2.75, 3.05) is 6.79 Å². The fourth-order valence-corrected chi connectivity index (χ4v) is 3.13. The Morgan fingerprint density at radius 1 is 1.22 bits per heavy atom. The fraction of sp³-hybridized carbons (Fsp3) is 0.0588. The largest absolute Gasteiger partial charge is 0.454 e. The van der Waals surface area contributed by atoms with Crippen molar-refractivity contribution in [3.8, 4) is 11.5 Å². The number of cyclic esters (lactones) is 1. The summed E-state index contributed by atoms with van der Waals surface area (Å²) in [5.41, 5.74) is 0.650. The highest BCUT2D eigenvalue weighted by atomic mass is 79.9. The lowest BCUT2D eigenvalue weighted by atomic mass is 10.1. The van der Waals surface area contributed by atoms with Crippen molar-refractivity contribution in [3.05, 3.63) is 66.8 Å². The minimum absolute atomic E-state index is 0.0197. The molecule has 27 heavy (non-hydrogen) atoms. The van der Waals surface area contributed by atoms with Crippen molar-refractivity contribution in [1.29, 1.82) is 0 Å². The summed E-state index contributed by atoms with van der Waals surface area (Å²) in [5.74, 6) is 0.430. The van der Waals surface area contributed by atoms with Crippen LogP contribution >= 0.6 is 27.5 Å². The number of nitrogens with zero attached hydrogens (tertiary/aromatic N) is 2. The molecule has 2 aromatic rings. The van der Waals surface area contributed by atoms with Crippen molar-refractivity contribution in [2.45, 2.75) is 0 Å². The van der Waals surface area contributed by atoms with E-state index in [0.717, 1.165) is 0 Å². The number of carbonyl (C=O) groups is 1. The average Bonchev–Trinajstić information content (AvgIpc) is 3.22. The van der Waals surface area contributed by atoms with Gasteiger partial charge < -0.3 is 14.2 Å². The van der Waals surface area contributed by atoms with Crippen LogP contribution < -0.4 is 9.47 Å². The highest BCUT2D eigenvalue weighted by molar-refractivity contribution is 9.10. The monoisotopic (exact) mass is 450 g/mol. The summed E-state index contributed by atoms with van der Waals surface area (Å²) in [7, 11) is 0. The molecular formula is C17H8BrClN2O6. The van der Waals surface area contributed by atoms with E-state index in [4.69, 9.17) is 25.8 Å². The van der Waals surface area contributed by atoms with E-state index < -0.39 is 10.9 Å². The number of nitro benzene ring substituents is 1. The molecule has 4 rings (SSSR count). The molecule has 2 aromatic carbocycles. The quantitative estimate of drug-likeness (QED) is 0.302. The summed E-state index contributed by atoms with van der Waals surface area (Å²) in [4.78, 5) is 26.7. The average molecular weight is 452 g/mol. The van der Waals surface area contributed by atoms with Gasteiger partial charge in [-0.2, -0.15) is 0 Å². The van der Waals surface area contributed by atoms with E-state index in [9.17, 15) is 14.9 Å². The van der Waals surface area contributed by atoms with Crippen LogP contribution in [-0.2, 0) is 9.53 Å². The maximum atomic E-state index is 12.2. The van der Waals surface area contributed by atoms with Gasteiger partial charge in [-0.15, -0.1) is 0 Å². The van der Waals surface area contributed by atoms with Gasteiger partial charge in [-0.25, -0.2) is 9.79 Å². The number of fused-ring (bicyclic) bond motifs is 1. The van der Waals surface area contributed by atoms with Gasteiger partial charge in [0.15, 0.2) is 17.2 Å². The van der Waals surface area contributed by atoms with E-state index in [1.165, 1.54) is 24.3 Å². The lowest BCUT2D eigenvalue weighted by Crippen LogP contribution is -2.06. The second kappa shape index (κ2) is 6.67. The zero-order valence-corrected chi connectivity index (χ0v) is 15.6. The maximum absolute atomic E-state index is 12.2.